The molecule has 0 fully saturated rings. The van der Waals surface area contributed by atoms with Crippen LogP contribution in [0.2, 0.25) is 8.67 Å². The van der Waals surface area contributed by atoms with Crippen molar-refractivity contribution >= 4 is 34.5 Å². The van der Waals surface area contributed by atoms with Gasteiger partial charge in [-0.15, -0.1) is 11.3 Å². The summed E-state index contributed by atoms with van der Waals surface area (Å²) >= 11 is 13.4. The summed E-state index contributed by atoms with van der Waals surface area (Å²) in [6.45, 7) is 2.95. The molecule has 2 heterocycles. The van der Waals surface area contributed by atoms with Crippen LogP contribution in [0.5, 0.6) is 0 Å². The molecule has 0 aliphatic carbocycles. The molecule has 0 radical (unpaired) electrons. The van der Waals surface area contributed by atoms with Crippen molar-refractivity contribution in [3.05, 3.63) is 38.5 Å². The highest BCUT2D eigenvalue weighted by atomic mass is 35.5. The summed E-state index contributed by atoms with van der Waals surface area (Å²) in [4.78, 5) is 4.33. The van der Waals surface area contributed by atoms with Crippen molar-refractivity contribution < 1.29 is 0 Å². The van der Waals surface area contributed by atoms with Crippen LogP contribution in [0.25, 0.3) is 0 Å². The number of hydrazine groups is 1. The number of nitrogens with two attached hydrogens (primary N) is 1. The minimum Gasteiger partial charge on any atom is -0.335 e. The van der Waals surface area contributed by atoms with Gasteiger partial charge >= 0.3 is 0 Å². The predicted molar refractivity (Wildman–Crippen MR) is 76.0 cm³/mol. The van der Waals surface area contributed by atoms with Gasteiger partial charge in [-0.05, 0) is 13.0 Å². The second kappa shape index (κ2) is 6.04. The van der Waals surface area contributed by atoms with Crippen LogP contribution in [0.3, 0.4) is 0 Å². The molecular formula is C11H14Cl2N4S. The first-order valence-corrected chi connectivity index (χ1v) is 7.13. The van der Waals surface area contributed by atoms with Crippen molar-refractivity contribution in [1.29, 1.82) is 0 Å². The quantitative estimate of drug-likeness (QED) is 0.659. The highest BCUT2D eigenvalue weighted by Gasteiger charge is 2.18. The zero-order valence-corrected chi connectivity index (χ0v) is 12.2. The number of hydrogen-bond acceptors (Lipinski definition) is 4. The van der Waals surface area contributed by atoms with E-state index in [-0.39, 0.29) is 6.04 Å². The molecule has 0 amide bonds. The summed E-state index contributed by atoms with van der Waals surface area (Å²) < 4.78 is 3.40. The zero-order chi connectivity index (χ0) is 13.1. The fraction of sp³-hybridized carbons (Fsp3) is 0.364. The van der Waals surface area contributed by atoms with E-state index in [0.29, 0.717) is 15.1 Å². The highest BCUT2D eigenvalue weighted by Crippen LogP contribution is 2.35. The average molecular weight is 305 g/mol. The normalized spacial score (nSPS) is 12.9. The number of aromatic nitrogens is 2. The molecule has 0 aliphatic rings. The molecule has 3 N–H and O–H groups in total. The third kappa shape index (κ3) is 2.87. The molecule has 0 aromatic carbocycles. The third-order valence-corrected chi connectivity index (χ3v) is 4.31. The lowest BCUT2D eigenvalue weighted by molar-refractivity contribution is 0.524. The van der Waals surface area contributed by atoms with Gasteiger partial charge in [0, 0.05) is 30.9 Å². The second-order valence-corrected chi connectivity index (χ2v) is 6.12. The molecule has 2 aromatic rings. The molecule has 2 aromatic heterocycles. The Morgan fingerprint density at radius 2 is 2.33 bits per heavy atom. The molecular weight excluding hydrogens is 291 g/mol. The number of thiophene rings is 1. The fourth-order valence-corrected chi connectivity index (χ4v) is 3.43. The average Bonchev–Trinajstić information content (AvgIpc) is 2.92. The van der Waals surface area contributed by atoms with Gasteiger partial charge in [0.1, 0.15) is 5.82 Å². The van der Waals surface area contributed by atoms with Crippen LogP contribution in [0, 0.1) is 0 Å². The molecule has 2 rings (SSSR count). The molecule has 0 saturated heterocycles. The van der Waals surface area contributed by atoms with Gasteiger partial charge in [0.25, 0.3) is 0 Å². The van der Waals surface area contributed by atoms with Crippen LogP contribution in [-0.2, 0) is 13.0 Å². The van der Waals surface area contributed by atoms with Crippen molar-refractivity contribution in [1.82, 2.24) is 15.0 Å². The lowest BCUT2D eigenvalue weighted by atomic mass is 10.1. The lowest BCUT2D eigenvalue weighted by Crippen LogP contribution is -2.30. The molecule has 1 unspecified atom stereocenters. The number of nitrogens with one attached hydrogen (secondary N) is 1. The Kier molecular flexibility index (Phi) is 4.64. The first-order chi connectivity index (χ1) is 8.65. The van der Waals surface area contributed by atoms with Gasteiger partial charge in [-0.2, -0.15) is 0 Å². The summed E-state index contributed by atoms with van der Waals surface area (Å²) in [7, 11) is 0. The molecule has 1 atom stereocenters. The van der Waals surface area contributed by atoms with Gasteiger partial charge in [0.05, 0.1) is 14.7 Å². The molecule has 98 valence electrons. The van der Waals surface area contributed by atoms with Gasteiger partial charge in [0.2, 0.25) is 0 Å². The molecule has 18 heavy (non-hydrogen) atoms. The molecule has 0 spiro atoms. The molecule has 0 saturated carbocycles. The Bertz CT molecular complexity index is 523. The Balaban J connectivity index is 2.22. The molecule has 7 heteroatoms. The largest absolute Gasteiger partial charge is 0.335 e. The number of halogens is 2. The smallest absolute Gasteiger partial charge is 0.110 e. The topological polar surface area (TPSA) is 55.9 Å². The summed E-state index contributed by atoms with van der Waals surface area (Å²) in [5.41, 5.74) is 3.69. The van der Waals surface area contributed by atoms with E-state index in [2.05, 4.69) is 21.9 Å². The molecule has 0 bridgehead atoms. The SMILES string of the molecule is CCn1ccnc1CC(NN)c1cc(Cl)sc1Cl. The number of rotatable bonds is 5. The van der Waals surface area contributed by atoms with E-state index in [1.54, 1.807) is 6.20 Å². The van der Waals surface area contributed by atoms with Crippen molar-refractivity contribution in [2.75, 3.05) is 0 Å². The first-order valence-electron chi connectivity index (χ1n) is 5.56. The Labute approximate surface area is 120 Å². The van der Waals surface area contributed by atoms with Gasteiger partial charge in [-0.1, -0.05) is 23.2 Å². The molecule has 0 aliphatic heterocycles. The second-order valence-electron chi connectivity index (χ2n) is 3.83. The van der Waals surface area contributed by atoms with Gasteiger partial charge < -0.3 is 4.57 Å². The van der Waals surface area contributed by atoms with Crippen LogP contribution >= 0.6 is 34.5 Å². The molecule has 4 nitrogen and oxygen atoms in total. The van der Waals surface area contributed by atoms with Crippen molar-refractivity contribution in [2.24, 2.45) is 5.84 Å². The Hall–Kier alpha value is -0.590. The minimum atomic E-state index is -0.0889. The van der Waals surface area contributed by atoms with Crippen LogP contribution < -0.4 is 11.3 Å². The fourth-order valence-electron chi connectivity index (χ4n) is 1.85. The van der Waals surface area contributed by atoms with Crippen LogP contribution in [-0.4, -0.2) is 9.55 Å². The van der Waals surface area contributed by atoms with E-state index in [0.717, 1.165) is 17.9 Å². The van der Waals surface area contributed by atoms with Gasteiger partial charge in [-0.25, -0.2) is 4.98 Å². The maximum Gasteiger partial charge on any atom is 0.110 e. The lowest BCUT2D eigenvalue weighted by Gasteiger charge is -2.15. The van der Waals surface area contributed by atoms with E-state index in [4.69, 9.17) is 29.0 Å². The van der Waals surface area contributed by atoms with E-state index in [1.165, 1.54) is 11.3 Å². The first kappa shape index (κ1) is 13.8. The predicted octanol–water partition coefficient (Wildman–Crippen LogP) is 3.02. The Morgan fingerprint density at radius 1 is 1.56 bits per heavy atom. The summed E-state index contributed by atoms with van der Waals surface area (Å²) in [5.74, 6) is 6.58. The number of aryl methyl sites for hydroxylation is 1. The van der Waals surface area contributed by atoms with Crippen LogP contribution in [0.4, 0.5) is 0 Å². The number of imidazole rings is 1. The zero-order valence-electron chi connectivity index (χ0n) is 9.86. The summed E-state index contributed by atoms with van der Waals surface area (Å²) in [6.07, 6.45) is 4.41. The maximum absolute atomic E-state index is 6.14. The monoisotopic (exact) mass is 304 g/mol. The van der Waals surface area contributed by atoms with Crippen molar-refractivity contribution in [2.45, 2.75) is 25.9 Å². The Morgan fingerprint density at radius 3 is 2.89 bits per heavy atom. The number of nitrogens with zero attached hydrogens (tertiary/aromatic N) is 2. The van der Waals surface area contributed by atoms with E-state index in [9.17, 15) is 0 Å². The summed E-state index contributed by atoms with van der Waals surface area (Å²) in [6, 6.07) is 1.76. The van der Waals surface area contributed by atoms with Crippen LogP contribution in [0.15, 0.2) is 18.5 Å². The number of hydrogen-bond donors (Lipinski definition) is 2. The standard InChI is InChI=1S/C11H14Cl2N4S/c1-2-17-4-3-15-10(17)6-8(16-14)7-5-9(12)18-11(7)13/h3-5,8,16H,2,6,14H2,1H3. The van der Waals surface area contributed by atoms with Gasteiger partial charge in [0.15, 0.2) is 0 Å². The van der Waals surface area contributed by atoms with E-state index in [1.807, 2.05) is 12.3 Å². The van der Waals surface area contributed by atoms with E-state index < -0.39 is 0 Å². The highest BCUT2D eigenvalue weighted by molar-refractivity contribution is 7.20. The van der Waals surface area contributed by atoms with Gasteiger partial charge in [-0.3, -0.25) is 11.3 Å². The van der Waals surface area contributed by atoms with Crippen LogP contribution in [0.1, 0.15) is 24.4 Å². The van der Waals surface area contributed by atoms with Crippen molar-refractivity contribution in [3.8, 4) is 0 Å². The summed E-state index contributed by atoms with van der Waals surface area (Å²) in [5, 5.41) is 0. The minimum absolute atomic E-state index is 0.0889. The third-order valence-electron chi connectivity index (χ3n) is 2.79. The maximum atomic E-state index is 6.14. The van der Waals surface area contributed by atoms with E-state index >= 15 is 0 Å². The van der Waals surface area contributed by atoms with Crippen molar-refractivity contribution in [3.63, 3.8) is 0 Å².